The van der Waals surface area contributed by atoms with Crippen molar-refractivity contribution in [2.75, 3.05) is 0 Å². The van der Waals surface area contributed by atoms with E-state index < -0.39 is 17.9 Å². The minimum absolute atomic E-state index is 0. The van der Waals surface area contributed by atoms with Gasteiger partial charge in [-0.2, -0.15) is 0 Å². The van der Waals surface area contributed by atoms with E-state index in [1.807, 2.05) is 13.8 Å². The fourth-order valence-corrected chi connectivity index (χ4v) is 1.91. The van der Waals surface area contributed by atoms with E-state index in [2.05, 4.69) is 16.7 Å². The topological polar surface area (TPSA) is 86.6 Å². The molecule has 0 spiro atoms. The molecule has 3 amide bonds. The number of amides is 3. The predicted octanol–water partition coefficient (Wildman–Crippen LogP) is 1.59. The number of nitrogens with one attached hydrogen (secondary N) is 1. The molecule has 22 heavy (non-hydrogen) atoms. The molecule has 7 heteroatoms. The average molecular weight is 472 g/mol. The Morgan fingerprint density at radius 1 is 1.41 bits per heavy atom. The molecular formula is C15H16N2O4W. The number of rotatable bonds is 4. The first-order chi connectivity index (χ1) is 9.95. The van der Waals surface area contributed by atoms with Crippen molar-refractivity contribution < 1.29 is 40.2 Å². The molecule has 1 heterocycles. The molecule has 1 aliphatic rings. The Morgan fingerprint density at radius 3 is 2.77 bits per heavy atom. The molecule has 2 rings (SSSR count). The molecule has 0 radical (unpaired) electrons. The minimum Gasteiger partial charge on any atom is -0.684 e. The number of hydrogen-bond donors (Lipinski definition) is 1. The van der Waals surface area contributed by atoms with Crippen LogP contribution in [0.5, 0.6) is 5.75 Å². The van der Waals surface area contributed by atoms with Gasteiger partial charge in [-0.3, -0.25) is 14.9 Å². The van der Waals surface area contributed by atoms with Crippen LogP contribution in [-0.2, 0) is 30.7 Å². The number of carbonyl (C=O) groups is 3. The van der Waals surface area contributed by atoms with Crippen molar-refractivity contribution in [2.24, 2.45) is 0 Å². The molecule has 0 aliphatic carbocycles. The van der Waals surface area contributed by atoms with E-state index in [0.29, 0.717) is 5.75 Å². The molecule has 116 valence electrons. The Bertz CT molecular complexity index is 574. The molecule has 1 atom stereocenters. The standard InChI is InChI=1S/C15H17N2O4.W/c1-9(2)21-11-5-3-4-10(8-11)14(19)16-12-6-7-13(18)17-15(12)20;/h3-5,9,12H,6-7H2,1-2H3,(H2,16,17,18,19,20);/q-1;+2/p-1. The number of ether oxygens (including phenoxy) is 1. The van der Waals surface area contributed by atoms with Crippen molar-refractivity contribution in [1.82, 2.24) is 5.32 Å². The molecule has 0 saturated carbocycles. The first-order valence-electron chi connectivity index (χ1n) is 6.73. The van der Waals surface area contributed by atoms with E-state index in [4.69, 9.17) is 4.74 Å². The van der Waals surface area contributed by atoms with Crippen LogP contribution in [0.2, 0.25) is 0 Å². The maximum Gasteiger partial charge on any atom is 2.00 e. The van der Waals surface area contributed by atoms with Gasteiger partial charge in [-0.15, -0.1) is 23.8 Å². The smallest absolute Gasteiger partial charge is 0.684 e. The van der Waals surface area contributed by atoms with E-state index in [1.165, 1.54) is 0 Å². The zero-order valence-corrected chi connectivity index (χ0v) is 15.2. The number of carbonyl (C=O) groups excluding carboxylic acids is 3. The number of imide groups is 1. The number of piperidine rings is 1. The summed E-state index contributed by atoms with van der Waals surface area (Å²) in [5.74, 6) is -0.958. The van der Waals surface area contributed by atoms with Gasteiger partial charge in [0.05, 0.1) is 6.10 Å². The van der Waals surface area contributed by atoms with Crippen LogP contribution < -0.4 is 10.1 Å². The molecule has 6 nitrogen and oxygen atoms in total. The summed E-state index contributed by atoms with van der Waals surface area (Å²) in [5.41, 5.74) is 0.234. The molecule has 1 fully saturated rings. The van der Waals surface area contributed by atoms with E-state index >= 15 is 0 Å². The Labute approximate surface area is 143 Å². The van der Waals surface area contributed by atoms with Crippen LogP contribution >= 0.6 is 0 Å². The second kappa shape index (κ2) is 8.08. The second-order valence-corrected chi connectivity index (χ2v) is 5.00. The van der Waals surface area contributed by atoms with Crippen molar-refractivity contribution >= 4 is 17.7 Å². The van der Waals surface area contributed by atoms with Crippen molar-refractivity contribution in [3.05, 3.63) is 35.1 Å². The van der Waals surface area contributed by atoms with Crippen LogP contribution in [0.25, 0.3) is 5.32 Å². The van der Waals surface area contributed by atoms with Gasteiger partial charge in [0.15, 0.2) is 0 Å². The number of nitrogens with zero attached hydrogens (tertiary/aromatic N) is 1. The number of hydrogen-bond acceptors (Lipinski definition) is 4. The zero-order chi connectivity index (χ0) is 15.4. The molecule has 1 aliphatic heterocycles. The van der Waals surface area contributed by atoms with Gasteiger partial charge in [-0.1, -0.05) is 6.07 Å². The fraction of sp³-hybridized carbons (Fsp3) is 0.400. The summed E-state index contributed by atoms with van der Waals surface area (Å²) in [6.07, 6.45) is 0.407. The van der Waals surface area contributed by atoms with Crippen LogP contribution in [0.1, 0.15) is 37.0 Å². The summed E-state index contributed by atoms with van der Waals surface area (Å²) in [6, 6.07) is 6.93. The van der Waals surface area contributed by atoms with Gasteiger partial charge in [0.25, 0.3) is 0 Å². The molecular weight excluding hydrogens is 456 g/mol. The normalized spacial score (nSPS) is 17.5. The fourth-order valence-electron chi connectivity index (χ4n) is 1.91. The van der Waals surface area contributed by atoms with E-state index in [9.17, 15) is 14.4 Å². The number of benzene rings is 1. The van der Waals surface area contributed by atoms with Gasteiger partial charge in [-0.25, -0.2) is 0 Å². The molecule has 1 aromatic carbocycles. The Hall–Kier alpha value is -1.68. The molecule has 1 N–H and O–H groups in total. The van der Waals surface area contributed by atoms with Gasteiger partial charge < -0.3 is 14.8 Å². The maximum absolute atomic E-state index is 12.1. The largest absolute Gasteiger partial charge is 2.00 e. The quantitative estimate of drug-likeness (QED) is 0.533. The van der Waals surface area contributed by atoms with Gasteiger partial charge >= 0.3 is 21.1 Å². The SMILES string of the molecule is CC(C)Oc1[c-]c(C(=O)[N-]C2CCC(=O)NC2=O)ccc1.[W+2]. The first-order valence-corrected chi connectivity index (χ1v) is 6.73. The van der Waals surface area contributed by atoms with Gasteiger partial charge in [0.2, 0.25) is 11.8 Å². The Morgan fingerprint density at radius 2 is 2.14 bits per heavy atom. The van der Waals surface area contributed by atoms with Crippen LogP contribution in [0, 0.1) is 6.07 Å². The van der Waals surface area contributed by atoms with Crippen molar-refractivity contribution in [1.29, 1.82) is 0 Å². The zero-order valence-electron chi connectivity index (χ0n) is 12.3. The first kappa shape index (κ1) is 18.4. The Balaban J connectivity index is 0.00000242. The Kier molecular flexibility index (Phi) is 6.75. The third kappa shape index (κ3) is 4.95. The van der Waals surface area contributed by atoms with Crippen molar-refractivity contribution in [3.63, 3.8) is 0 Å². The average Bonchev–Trinajstić information content (AvgIpc) is 2.41. The maximum atomic E-state index is 12.1. The monoisotopic (exact) mass is 472 g/mol. The van der Waals surface area contributed by atoms with Gasteiger partial charge in [0, 0.05) is 12.2 Å². The van der Waals surface area contributed by atoms with Gasteiger partial charge in [0.1, 0.15) is 0 Å². The third-order valence-corrected chi connectivity index (χ3v) is 2.84. The van der Waals surface area contributed by atoms with Crippen LogP contribution in [0.15, 0.2) is 18.2 Å². The molecule has 1 saturated heterocycles. The molecule has 1 unspecified atom stereocenters. The summed E-state index contributed by atoms with van der Waals surface area (Å²) < 4.78 is 5.46. The minimum atomic E-state index is -0.821. The molecule has 0 aromatic heterocycles. The second-order valence-electron chi connectivity index (χ2n) is 5.00. The van der Waals surface area contributed by atoms with Crippen molar-refractivity contribution in [2.45, 2.75) is 38.8 Å². The molecule has 1 aromatic rings. The predicted molar refractivity (Wildman–Crippen MR) is 74.9 cm³/mol. The summed E-state index contributed by atoms with van der Waals surface area (Å²) in [4.78, 5) is 34.7. The third-order valence-electron chi connectivity index (χ3n) is 2.84. The van der Waals surface area contributed by atoms with E-state index in [0.717, 1.165) is 0 Å². The molecule has 0 bridgehead atoms. The van der Waals surface area contributed by atoms with E-state index in [1.54, 1.807) is 18.2 Å². The van der Waals surface area contributed by atoms with Crippen LogP contribution in [-0.4, -0.2) is 29.9 Å². The van der Waals surface area contributed by atoms with Crippen molar-refractivity contribution in [3.8, 4) is 5.75 Å². The summed E-state index contributed by atoms with van der Waals surface area (Å²) >= 11 is 0. The van der Waals surface area contributed by atoms with E-state index in [-0.39, 0.29) is 51.5 Å². The summed E-state index contributed by atoms with van der Waals surface area (Å²) in [5, 5.41) is 6.02. The summed E-state index contributed by atoms with van der Waals surface area (Å²) in [6.45, 7) is 3.74. The summed E-state index contributed by atoms with van der Waals surface area (Å²) in [7, 11) is 0. The van der Waals surface area contributed by atoms with Gasteiger partial charge in [-0.05, 0) is 32.2 Å². The van der Waals surface area contributed by atoms with Crippen LogP contribution in [0.3, 0.4) is 0 Å². The van der Waals surface area contributed by atoms with Crippen LogP contribution in [0.4, 0.5) is 0 Å².